The summed E-state index contributed by atoms with van der Waals surface area (Å²) in [4.78, 5) is 31.9. The van der Waals surface area contributed by atoms with Crippen LogP contribution in [0.15, 0.2) is 54.0 Å². The second-order valence-corrected chi connectivity index (χ2v) is 9.91. The maximum Gasteiger partial charge on any atom is 0.289 e. The molecular formula is C25H25FN6OS. The van der Waals surface area contributed by atoms with E-state index in [1.165, 1.54) is 17.1 Å². The van der Waals surface area contributed by atoms with Gasteiger partial charge in [-0.15, -0.1) is 11.3 Å². The van der Waals surface area contributed by atoms with Gasteiger partial charge in [0.05, 0.1) is 17.6 Å². The molecule has 0 saturated carbocycles. The van der Waals surface area contributed by atoms with Crippen LogP contribution in [-0.4, -0.2) is 80.9 Å². The molecule has 1 amide bonds. The Bertz CT molecular complexity index is 1290. The number of carbonyl (C=O) groups excluding carboxylic acids is 1. The third-order valence-corrected chi connectivity index (χ3v) is 7.54. The average Bonchev–Trinajstić information content (AvgIpc) is 3.49. The average molecular weight is 477 g/mol. The number of likely N-dealkylation sites (tertiary alicyclic amines) is 1. The number of fused-ring (bicyclic) bond motifs is 1. The van der Waals surface area contributed by atoms with Crippen molar-refractivity contribution in [2.75, 3.05) is 39.3 Å². The number of halogens is 1. The molecule has 9 heteroatoms. The first-order valence-electron chi connectivity index (χ1n) is 11.5. The van der Waals surface area contributed by atoms with Crippen molar-refractivity contribution in [2.45, 2.75) is 12.6 Å². The van der Waals surface area contributed by atoms with Crippen LogP contribution in [0.2, 0.25) is 0 Å². The van der Waals surface area contributed by atoms with Crippen LogP contribution < -0.4 is 0 Å². The van der Waals surface area contributed by atoms with Gasteiger partial charge in [-0.1, -0.05) is 18.2 Å². The van der Waals surface area contributed by atoms with E-state index in [0.29, 0.717) is 11.9 Å². The first-order chi connectivity index (χ1) is 16.6. The Kier molecular flexibility index (Phi) is 5.60. The van der Waals surface area contributed by atoms with Crippen molar-refractivity contribution in [2.24, 2.45) is 0 Å². The summed E-state index contributed by atoms with van der Waals surface area (Å²) in [5.41, 5.74) is 3.43. The summed E-state index contributed by atoms with van der Waals surface area (Å²) in [6.45, 7) is 6.51. The van der Waals surface area contributed by atoms with Crippen molar-refractivity contribution >= 4 is 28.3 Å². The molecule has 0 radical (unpaired) electrons. The Labute approximate surface area is 200 Å². The lowest BCUT2D eigenvalue weighted by atomic mass is 10.1. The van der Waals surface area contributed by atoms with Gasteiger partial charge < -0.3 is 9.88 Å². The first kappa shape index (κ1) is 21.4. The Morgan fingerprint density at radius 1 is 1.06 bits per heavy atom. The van der Waals surface area contributed by atoms with E-state index in [1.807, 2.05) is 34.7 Å². The molecule has 0 bridgehead atoms. The van der Waals surface area contributed by atoms with Crippen molar-refractivity contribution in [3.05, 3.63) is 70.7 Å². The summed E-state index contributed by atoms with van der Waals surface area (Å²) in [6.07, 6.45) is 1.86. The number of rotatable bonds is 5. The van der Waals surface area contributed by atoms with Gasteiger partial charge in [0.2, 0.25) is 0 Å². The minimum atomic E-state index is -0.260. The molecule has 4 heterocycles. The van der Waals surface area contributed by atoms with Crippen molar-refractivity contribution < 1.29 is 9.18 Å². The highest BCUT2D eigenvalue weighted by molar-refractivity contribution is 7.09. The Morgan fingerprint density at radius 2 is 1.82 bits per heavy atom. The van der Waals surface area contributed by atoms with E-state index in [-0.39, 0.29) is 11.7 Å². The molecule has 2 fully saturated rings. The molecule has 2 aromatic carbocycles. The zero-order valence-corrected chi connectivity index (χ0v) is 19.5. The Morgan fingerprint density at radius 3 is 2.56 bits per heavy atom. The van der Waals surface area contributed by atoms with E-state index in [4.69, 9.17) is 0 Å². The number of hydrogen-bond donors (Lipinski definition) is 1. The molecule has 0 spiro atoms. The second-order valence-electron chi connectivity index (χ2n) is 8.93. The topological polar surface area (TPSA) is 68.4 Å². The standard InChI is InChI=1S/C25H25FN6OS/c26-19-4-1-17(2-5-19)18-3-6-21-22(13-18)29-24(28-21)25(33)32-14-20(15-32)31-10-8-30(9-11-31)16-23-27-7-12-34-23/h1-7,12-13,20H,8-11,14-16H2,(H,28,29). The van der Waals surface area contributed by atoms with Gasteiger partial charge in [-0.3, -0.25) is 14.6 Å². The zero-order chi connectivity index (χ0) is 23.1. The van der Waals surface area contributed by atoms with Crippen molar-refractivity contribution in [1.29, 1.82) is 0 Å². The number of aromatic nitrogens is 3. The van der Waals surface area contributed by atoms with Crippen LogP contribution in [0.1, 0.15) is 15.6 Å². The second kappa shape index (κ2) is 8.90. The summed E-state index contributed by atoms with van der Waals surface area (Å²) in [5.74, 6) is 0.0563. The summed E-state index contributed by atoms with van der Waals surface area (Å²) < 4.78 is 13.2. The van der Waals surface area contributed by atoms with E-state index in [9.17, 15) is 9.18 Å². The van der Waals surface area contributed by atoms with Crippen molar-refractivity contribution in [3.63, 3.8) is 0 Å². The molecule has 2 saturated heterocycles. The molecule has 174 valence electrons. The van der Waals surface area contributed by atoms with Gasteiger partial charge in [-0.05, 0) is 35.4 Å². The van der Waals surface area contributed by atoms with Gasteiger partial charge in [0, 0.05) is 56.9 Å². The van der Waals surface area contributed by atoms with E-state index < -0.39 is 0 Å². The van der Waals surface area contributed by atoms with Crippen LogP contribution in [0.25, 0.3) is 22.2 Å². The number of piperazine rings is 1. The Balaban J connectivity index is 1.05. The number of benzene rings is 2. The fraction of sp³-hybridized carbons (Fsp3) is 0.320. The number of H-pyrrole nitrogens is 1. The largest absolute Gasteiger partial charge is 0.334 e. The van der Waals surface area contributed by atoms with Crippen LogP contribution >= 0.6 is 11.3 Å². The number of carbonyl (C=O) groups is 1. The zero-order valence-electron chi connectivity index (χ0n) is 18.7. The van der Waals surface area contributed by atoms with Gasteiger partial charge in [0.15, 0.2) is 5.82 Å². The van der Waals surface area contributed by atoms with E-state index >= 15 is 0 Å². The third-order valence-electron chi connectivity index (χ3n) is 6.78. The molecule has 1 N–H and O–H groups in total. The number of hydrogen-bond acceptors (Lipinski definition) is 6. The monoisotopic (exact) mass is 476 g/mol. The fourth-order valence-corrected chi connectivity index (χ4v) is 5.40. The smallest absolute Gasteiger partial charge is 0.289 e. The predicted molar refractivity (Wildman–Crippen MR) is 130 cm³/mol. The SMILES string of the molecule is O=C(c1nc2ccc(-c3ccc(F)cc3)cc2[nH]1)N1CC(N2CCN(Cc3nccs3)CC2)C1. The highest BCUT2D eigenvalue weighted by Gasteiger charge is 2.37. The van der Waals surface area contributed by atoms with Gasteiger partial charge in [-0.25, -0.2) is 14.4 Å². The van der Waals surface area contributed by atoms with Gasteiger partial charge in [-0.2, -0.15) is 0 Å². The molecule has 34 heavy (non-hydrogen) atoms. The molecule has 2 aliphatic rings. The molecule has 0 atom stereocenters. The van der Waals surface area contributed by atoms with E-state index in [2.05, 4.69) is 24.8 Å². The highest BCUT2D eigenvalue weighted by atomic mass is 32.1. The normalized spacial score (nSPS) is 17.9. The summed E-state index contributed by atoms with van der Waals surface area (Å²) in [5, 5.41) is 3.20. The molecule has 2 aromatic heterocycles. The lowest BCUT2D eigenvalue weighted by molar-refractivity contribution is 0.00590. The maximum absolute atomic E-state index is 13.2. The lowest BCUT2D eigenvalue weighted by Gasteiger charge is -2.47. The van der Waals surface area contributed by atoms with E-state index in [0.717, 1.165) is 68.0 Å². The fourth-order valence-electron chi connectivity index (χ4n) is 4.74. The van der Waals surface area contributed by atoms with Crippen LogP contribution in [0.5, 0.6) is 0 Å². The van der Waals surface area contributed by atoms with Crippen molar-refractivity contribution in [1.82, 2.24) is 29.7 Å². The number of imidazole rings is 1. The maximum atomic E-state index is 13.2. The first-order valence-corrected chi connectivity index (χ1v) is 12.4. The summed E-state index contributed by atoms with van der Waals surface area (Å²) in [6, 6.07) is 12.6. The van der Waals surface area contributed by atoms with Crippen LogP contribution in [-0.2, 0) is 6.54 Å². The highest BCUT2D eigenvalue weighted by Crippen LogP contribution is 2.25. The van der Waals surface area contributed by atoms with E-state index in [1.54, 1.807) is 23.5 Å². The molecule has 7 nitrogen and oxygen atoms in total. The molecule has 6 rings (SSSR count). The van der Waals surface area contributed by atoms with Crippen LogP contribution in [0.3, 0.4) is 0 Å². The molecule has 4 aromatic rings. The molecule has 0 aliphatic carbocycles. The van der Waals surface area contributed by atoms with Gasteiger partial charge >= 0.3 is 0 Å². The molecule has 0 unspecified atom stereocenters. The van der Waals surface area contributed by atoms with Crippen LogP contribution in [0, 0.1) is 5.82 Å². The third kappa shape index (κ3) is 4.22. The Hall–Kier alpha value is -3.14. The molecule has 2 aliphatic heterocycles. The number of amides is 1. The molecular weight excluding hydrogens is 451 g/mol. The van der Waals surface area contributed by atoms with Gasteiger partial charge in [0.1, 0.15) is 10.8 Å². The van der Waals surface area contributed by atoms with Gasteiger partial charge in [0.25, 0.3) is 5.91 Å². The lowest BCUT2D eigenvalue weighted by Crippen LogP contribution is -2.64. The summed E-state index contributed by atoms with van der Waals surface area (Å²) in [7, 11) is 0. The number of thiazole rings is 1. The number of nitrogens with zero attached hydrogens (tertiary/aromatic N) is 5. The minimum absolute atomic E-state index is 0.0572. The quantitative estimate of drug-likeness (QED) is 0.478. The predicted octanol–water partition coefficient (Wildman–Crippen LogP) is 3.47. The van der Waals surface area contributed by atoms with Crippen molar-refractivity contribution in [3.8, 4) is 11.1 Å². The number of nitrogens with one attached hydrogen (secondary N) is 1. The minimum Gasteiger partial charge on any atom is -0.334 e. The van der Waals surface area contributed by atoms with Crippen LogP contribution in [0.4, 0.5) is 4.39 Å². The number of aromatic amines is 1. The summed E-state index contributed by atoms with van der Waals surface area (Å²) >= 11 is 1.71.